The Labute approximate surface area is 88.7 Å². The minimum absolute atomic E-state index is 0.0480. The van der Waals surface area contributed by atoms with E-state index in [0.29, 0.717) is 0 Å². The molecule has 0 saturated carbocycles. The van der Waals surface area contributed by atoms with Gasteiger partial charge in [-0.25, -0.2) is 0 Å². The van der Waals surface area contributed by atoms with Crippen molar-refractivity contribution in [2.24, 2.45) is 0 Å². The molecule has 2 heteroatoms. The van der Waals surface area contributed by atoms with Crippen molar-refractivity contribution in [3.63, 3.8) is 0 Å². The van der Waals surface area contributed by atoms with Crippen LogP contribution in [0, 0.1) is 0 Å². The van der Waals surface area contributed by atoms with Crippen LogP contribution in [0.5, 0.6) is 0 Å². The molecule has 2 unspecified atom stereocenters. The van der Waals surface area contributed by atoms with Crippen LogP contribution in [-0.4, -0.2) is 23.9 Å². The Balaban J connectivity index is 3.56. The van der Waals surface area contributed by atoms with E-state index in [1.54, 1.807) is 0 Å². The molecule has 0 bridgehead atoms. The molecule has 2 nitrogen and oxygen atoms in total. The van der Waals surface area contributed by atoms with Crippen LogP contribution >= 0.6 is 0 Å². The third kappa shape index (κ3) is 6.39. The maximum atomic E-state index is 9.74. The summed E-state index contributed by atoms with van der Waals surface area (Å²) in [5.74, 6) is 0. The minimum atomic E-state index is -0.272. The lowest BCUT2D eigenvalue weighted by Gasteiger charge is -2.21. The summed E-state index contributed by atoms with van der Waals surface area (Å²) >= 11 is 0. The van der Waals surface area contributed by atoms with Crippen LogP contribution in [0.15, 0.2) is 0 Å². The monoisotopic (exact) mass is 202 g/mol. The van der Waals surface area contributed by atoms with E-state index < -0.39 is 0 Å². The van der Waals surface area contributed by atoms with E-state index in [1.807, 2.05) is 0 Å². The van der Waals surface area contributed by atoms with Crippen molar-refractivity contribution in [1.82, 2.24) is 0 Å². The number of hydrogen-bond donors (Lipinski definition) is 1. The third-order valence-electron chi connectivity index (χ3n) is 2.50. The van der Waals surface area contributed by atoms with Crippen LogP contribution in [0.3, 0.4) is 0 Å². The van der Waals surface area contributed by atoms with Gasteiger partial charge in [0, 0.05) is 6.61 Å². The number of aliphatic hydroxyl groups is 1. The lowest BCUT2D eigenvalue weighted by atomic mass is 10.1. The maximum absolute atomic E-state index is 9.74. The molecule has 0 aromatic carbocycles. The van der Waals surface area contributed by atoms with E-state index in [9.17, 15) is 5.11 Å². The number of ether oxygens (including phenoxy) is 1. The minimum Gasteiger partial charge on any atom is -0.390 e. The van der Waals surface area contributed by atoms with Gasteiger partial charge in [-0.2, -0.15) is 0 Å². The summed E-state index contributed by atoms with van der Waals surface area (Å²) in [6, 6.07) is 0. The molecule has 0 aromatic rings. The van der Waals surface area contributed by atoms with Crippen molar-refractivity contribution >= 4 is 0 Å². The molecule has 0 fully saturated rings. The second-order valence-corrected chi connectivity index (χ2v) is 3.88. The zero-order valence-corrected chi connectivity index (χ0v) is 9.96. The first-order chi connectivity index (χ1) is 6.76. The second kappa shape index (κ2) is 9.47. The Kier molecular flexibility index (Phi) is 9.42. The summed E-state index contributed by atoms with van der Waals surface area (Å²) < 4.78 is 5.66. The molecule has 86 valence electrons. The van der Waals surface area contributed by atoms with E-state index in [1.165, 1.54) is 12.8 Å². The van der Waals surface area contributed by atoms with E-state index in [-0.39, 0.29) is 12.2 Å². The molecular formula is C12H26O2. The largest absolute Gasteiger partial charge is 0.390 e. The summed E-state index contributed by atoms with van der Waals surface area (Å²) in [5.41, 5.74) is 0. The van der Waals surface area contributed by atoms with Gasteiger partial charge in [0.25, 0.3) is 0 Å². The molecule has 0 heterocycles. The van der Waals surface area contributed by atoms with Crippen LogP contribution in [0.1, 0.15) is 59.3 Å². The van der Waals surface area contributed by atoms with E-state index in [2.05, 4.69) is 20.8 Å². The van der Waals surface area contributed by atoms with Gasteiger partial charge in [0.2, 0.25) is 0 Å². The van der Waals surface area contributed by atoms with Gasteiger partial charge in [-0.3, -0.25) is 0 Å². The number of aliphatic hydroxyl groups excluding tert-OH is 1. The molecule has 0 radical (unpaired) electrons. The zero-order valence-electron chi connectivity index (χ0n) is 9.96. The van der Waals surface area contributed by atoms with Gasteiger partial charge in [0.1, 0.15) is 0 Å². The first-order valence-corrected chi connectivity index (χ1v) is 6.05. The highest BCUT2D eigenvalue weighted by Crippen LogP contribution is 2.10. The molecule has 0 aromatic heterocycles. The summed E-state index contributed by atoms with van der Waals surface area (Å²) in [5, 5.41) is 9.74. The first kappa shape index (κ1) is 13.9. The highest BCUT2D eigenvalue weighted by molar-refractivity contribution is 4.66. The highest BCUT2D eigenvalue weighted by atomic mass is 16.5. The average Bonchev–Trinajstić information content (AvgIpc) is 2.18. The lowest BCUT2D eigenvalue weighted by molar-refractivity contribution is -0.0431. The van der Waals surface area contributed by atoms with Gasteiger partial charge in [0.15, 0.2) is 0 Å². The van der Waals surface area contributed by atoms with Gasteiger partial charge < -0.3 is 9.84 Å². The van der Waals surface area contributed by atoms with Crippen molar-refractivity contribution in [3.05, 3.63) is 0 Å². The number of hydrogen-bond acceptors (Lipinski definition) is 2. The van der Waals surface area contributed by atoms with Crippen LogP contribution in [0.25, 0.3) is 0 Å². The molecule has 2 atom stereocenters. The quantitative estimate of drug-likeness (QED) is 0.582. The smallest absolute Gasteiger partial charge is 0.0831 e. The number of rotatable bonds is 9. The lowest BCUT2D eigenvalue weighted by Crippen LogP contribution is -2.28. The van der Waals surface area contributed by atoms with Gasteiger partial charge >= 0.3 is 0 Å². The fourth-order valence-corrected chi connectivity index (χ4v) is 1.57. The standard InChI is InChI=1S/C12H26O2/c1-4-7-8-10-14-12(6-3)11(13)9-5-2/h11-13H,4-10H2,1-3H3. The second-order valence-electron chi connectivity index (χ2n) is 3.88. The molecule has 0 spiro atoms. The summed E-state index contributed by atoms with van der Waals surface area (Å²) in [7, 11) is 0. The normalized spacial score (nSPS) is 15.4. The Morgan fingerprint density at radius 3 is 2.29 bits per heavy atom. The van der Waals surface area contributed by atoms with Crippen molar-refractivity contribution in [2.75, 3.05) is 6.61 Å². The Bertz CT molecular complexity index is 115. The topological polar surface area (TPSA) is 29.5 Å². The zero-order chi connectivity index (χ0) is 10.8. The third-order valence-corrected chi connectivity index (χ3v) is 2.50. The molecule has 0 amide bonds. The van der Waals surface area contributed by atoms with Crippen LogP contribution in [0.2, 0.25) is 0 Å². The van der Waals surface area contributed by atoms with Crippen molar-refractivity contribution in [2.45, 2.75) is 71.5 Å². The van der Waals surface area contributed by atoms with Gasteiger partial charge in [-0.15, -0.1) is 0 Å². The van der Waals surface area contributed by atoms with E-state index >= 15 is 0 Å². The molecule has 1 N–H and O–H groups in total. The van der Waals surface area contributed by atoms with Crippen LogP contribution in [0.4, 0.5) is 0 Å². The predicted molar refractivity (Wildman–Crippen MR) is 60.5 cm³/mol. The van der Waals surface area contributed by atoms with Crippen molar-refractivity contribution in [3.8, 4) is 0 Å². The molecule has 0 rings (SSSR count). The SMILES string of the molecule is CCCCCOC(CC)C(O)CCC. The highest BCUT2D eigenvalue weighted by Gasteiger charge is 2.16. The van der Waals surface area contributed by atoms with Crippen LogP contribution < -0.4 is 0 Å². The molecular weight excluding hydrogens is 176 g/mol. The van der Waals surface area contributed by atoms with Gasteiger partial charge in [-0.05, 0) is 19.3 Å². The molecule has 0 aliphatic rings. The fourth-order valence-electron chi connectivity index (χ4n) is 1.57. The maximum Gasteiger partial charge on any atom is 0.0831 e. The van der Waals surface area contributed by atoms with E-state index in [4.69, 9.17) is 4.74 Å². The molecule has 0 saturated heterocycles. The molecule has 0 aliphatic carbocycles. The first-order valence-electron chi connectivity index (χ1n) is 6.05. The average molecular weight is 202 g/mol. The fraction of sp³-hybridized carbons (Fsp3) is 1.00. The summed E-state index contributed by atoms with van der Waals surface area (Å²) in [6.07, 6.45) is 6.12. The van der Waals surface area contributed by atoms with Crippen LogP contribution in [-0.2, 0) is 4.74 Å². The molecule has 0 aliphatic heterocycles. The Morgan fingerprint density at radius 2 is 1.79 bits per heavy atom. The predicted octanol–water partition coefficient (Wildman–Crippen LogP) is 3.13. The Morgan fingerprint density at radius 1 is 1.07 bits per heavy atom. The van der Waals surface area contributed by atoms with Crippen molar-refractivity contribution < 1.29 is 9.84 Å². The number of unbranched alkanes of at least 4 members (excludes halogenated alkanes) is 2. The van der Waals surface area contributed by atoms with Crippen molar-refractivity contribution in [1.29, 1.82) is 0 Å². The van der Waals surface area contributed by atoms with Gasteiger partial charge in [0.05, 0.1) is 12.2 Å². The van der Waals surface area contributed by atoms with Gasteiger partial charge in [-0.1, -0.05) is 40.0 Å². The van der Waals surface area contributed by atoms with E-state index in [0.717, 1.165) is 32.3 Å². The summed E-state index contributed by atoms with van der Waals surface area (Å²) in [6.45, 7) is 7.15. The Hall–Kier alpha value is -0.0800. The summed E-state index contributed by atoms with van der Waals surface area (Å²) in [4.78, 5) is 0. The molecule has 14 heavy (non-hydrogen) atoms.